The molecule has 4 nitrogen and oxygen atoms in total. The maximum atomic E-state index is 11.4. The Balaban J connectivity index is 2.07. The van der Waals surface area contributed by atoms with Crippen molar-refractivity contribution in [2.24, 2.45) is 0 Å². The molecule has 1 aliphatic carbocycles. The molecule has 2 atom stereocenters. The molecule has 0 aromatic carbocycles. The lowest BCUT2D eigenvalue weighted by Crippen LogP contribution is -2.45. The number of aromatic hydroxyl groups is 1. The van der Waals surface area contributed by atoms with Gasteiger partial charge in [-0.1, -0.05) is 12.8 Å². The Morgan fingerprint density at radius 1 is 1.38 bits per heavy atom. The molecule has 4 heteroatoms. The molecule has 0 spiro atoms. The summed E-state index contributed by atoms with van der Waals surface area (Å²) < 4.78 is 2.09. The van der Waals surface area contributed by atoms with Gasteiger partial charge in [-0.3, -0.25) is 4.79 Å². The molecule has 0 saturated heterocycles. The van der Waals surface area contributed by atoms with Gasteiger partial charge in [-0.05, 0) is 12.8 Å². The Bertz CT molecular complexity index is 467. The molecular weight excluding hydrogens is 204 g/mol. The zero-order chi connectivity index (χ0) is 11.1. The van der Waals surface area contributed by atoms with Crippen molar-refractivity contribution in [3.8, 4) is 5.75 Å². The quantitative estimate of drug-likeness (QED) is 0.689. The highest BCUT2D eigenvalue weighted by atomic mass is 16.3. The van der Waals surface area contributed by atoms with Crippen LogP contribution in [0.25, 0.3) is 0 Å². The smallest absolute Gasteiger partial charge is 0.223 e. The maximum absolute atomic E-state index is 11.4. The van der Waals surface area contributed by atoms with Crippen molar-refractivity contribution in [3.05, 3.63) is 28.2 Å². The minimum Gasteiger partial charge on any atom is -0.503 e. The predicted molar refractivity (Wildman–Crippen MR) is 60.5 cm³/mol. The number of aromatic nitrogens is 1. The number of hydrogen-bond acceptors (Lipinski definition) is 3. The molecule has 1 aromatic rings. The summed E-state index contributed by atoms with van der Waals surface area (Å²) in [6.45, 7) is 0.733. The number of hydrogen-bond donors (Lipinski definition) is 2. The second kappa shape index (κ2) is 3.63. The van der Waals surface area contributed by atoms with Crippen molar-refractivity contribution in [2.75, 3.05) is 0 Å². The van der Waals surface area contributed by atoms with Crippen molar-refractivity contribution in [3.63, 3.8) is 0 Å². The molecule has 0 amide bonds. The van der Waals surface area contributed by atoms with Gasteiger partial charge >= 0.3 is 0 Å². The average molecular weight is 220 g/mol. The minimum atomic E-state index is -0.276. The van der Waals surface area contributed by atoms with Crippen LogP contribution in [0.3, 0.4) is 0 Å². The van der Waals surface area contributed by atoms with E-state index >= 15 is 0 Å². The first-order valence-electron chi connectivity index (χ1n) is 5.93. The Morgan fingerprint density at radius 2 is 2.19 bits per heavy atom. The van der Waals surface area contributed by atoms with Crippen molar-refractivity contribution in [1.82, 2.24) is 9.88 Å². The number of fused-ring (bicyclic) bond motifs is 3. The van der Waals surface area contributed by atoms with Crippen LogP contribution in [0.5, 0.6) is 5.75 Å². The third-order valence-corrected chi connectivity index (χ3v) is 3.78. The van der Waals surface area contributed by atoms with Crippen LogP contribution >= 0.6 is 0 Å². The number of rotatable bonds is 0. The van der Waals surface area contributed by atoms with Gasteiger partial charge in [-0.25, -0.2) is 0 Å². The van der Waals surface area contributed by atoms with Crippen LogP contribution in [-0.2, 0) is 6.54 Å². The molecule has 2 N–H and O–H groups in total. The summed E-state index contributed by atoms with van der Waals surface area (Å²) >= 11 is 0. The summed E-state index contributed by atoms with van der Waals surface area (Å²) in [6, 6.07) is 2.46. The van der Waals surface area contributed by atoms with E-state index in [1.54, 1.807) is 12.3 Å². The van der Waals surface area contributed by atoms with Gasteiger partial charge in [0, 0.05) is 30.4 Å². The van der Waals surface area contributed by atoms with Crippen LogP contribution in [0.15, 0.2) is 17.1 Å². The van der Waals surface area contributed by atoms with Crippen LogP contribution in [0, 0.1) is 0 Å². The molecular formula is C12H16N2O2. The Kier molecular flexibility index (Phi) is 2.24. The van der Waals surface area contributed by atoms with Crippen molar-refractivity contribution >= 4 is 0 Å². The summed E-state index contributed by atoms with van der Waals surface area (Å²) in [5, 5.41) is 13.0. The van der Waals surface area contributed by atoms with E-state index in [1.807, 2.05) is 0 Å². The first-order valence-corrected chi connectivity index (χ1v) is 5.93. The Labute approximate surface area is 93.9 Å². The summed E-state index contributed by atoms with van der Waals surface area (Å²) in [6.07, 6.45) is 6.44. The van der Waals surface area contributed by atoms with Crippen molar-refractivity contribution in [1.29, 1.82) is 0 Å². The fraction of sp³-hybridized carbons (Fsp3) is 0.583. The number of nitrogens with zero attached hydrogens (tertiary/aromatic N) is 1. The fourth-order valence-electron chi connectivity index (χ4n) is 2.95. The second-order valence-electron chi connectivity index (χ2n) is 4.76. The predicted octanol–water partition coefficient (Wildman–Crippen LogP) is 1.14. The van der Waals surface area contributed by atoms with Gasteiger partial charge in [-0.2, -0.15) is 0 Å². The molecule has 1 aromatic heterocycles. The molecule has 3 rings (SSSR count). The summed E-state index contributed by atoms with van der Waals surface area (Å²) in [5.74, 6) is -0.130. The van der Waals surface area contributed by atoms with Gasteiger partial charge in [0.2, 0.25) is 5.43 Å². The van der Waals surface area contributed by atoms with Gasteiger partial charge in [-0.15, -0.1) is 0 Å². The van der Waals surface area contributed by atoms with Gasteiger partial charge in [0.15, 0.2) is 5.75 Å². The lowest BCUT2D eigenvalue weighted by Gasteiger charge is -2.39. The molecule has 1 aliphatic heterocycles. The fourth-order valence-corrected chi connectivity index (χ4v) is 2.95. The minimum absolute atomic E-state index is 0.130. The third kappa shape index (κ3) is 1.45. The SMILES string of the molecule is O=c1cc2n(cc1O)C1CCCCC1NC2. The van der Waals surface area contributed by atoms with Crippen LogP contribution in [0.1, 0.15) is 37.4 Å². The zero-order valence-corrected chi connectivity index (χ0v) is 9.15. The Morgan fingerprint density at radius 3 is 3.06 bits per heavy atom. The van der Waals surface area contributed by atoms with Crippen LogP contribution in [0.2, 0.25) is 0 Å². The molecule has 86 valence electrons. The molecule has 1 fully saturated rings. The largest absolute Gasteiger partial charge is 0.503 e. The third-order valence-electron chi connectivity index (χ3n) is 3.78. The van der Waals surface area contributed by atoms with E-state index in [4.69, 9.17) is 0 Å². The normalized spacial score (nSPS) is 28.2. The molecule has 0 bridgehead atoms. The standard InChI is InChI=1S/C12H16N2O2/c15-11-5-8-6-13-9-3-1-2-4-10(9)14(8)7-12(11)16/h5,7,9-10,13,16H,1-4,6H2. The highest BCUT2D eigenvalue weighted by Gasteiger charge is 2.30. The summed E-state index contributed by atoms with van der Waals surface area (Å²) in [4.78, 5) is 11.4. The molecule has 16 heavy (non-hydrogen) atoms. The number of nitrogens with one attached hydrogen (secondary N) is 1. The lowest BCUT2D eigenvalue weighted by atomic mass is 9.88. The second-order valence-corrected chi connectivity index (χ2v) is 4.76. The van der Waals surface area contributed by atoms with Crippen LogP contribution in [-0.4, -0.2) is 15.7 Å². The lowest BCUT2D eigenvalue weighted by molar-refractivity contribution is 0.226. The van der Waals surface area contributed by atoms with E-state index < -0.39 is 0 Å². The maximum Gasteiger partial charge on any atom is 0.223 e. The van der Waals surface area contributed by atoms with Gasteiger partial charge in [0.05, 0.1) is 6.20 Å². The van der Waals surface area contributed by atoms with E-state index in [-0.39, 0.29) is 11.2 Å². The molecule has 2 aliphatic rings. The summed E-state index contributed by atoms with van der Waals surface area (Å²) in [7, 11) is 0. The zero-order valence-electron chi connectivity index (χ0n) is 9.15. The molecule has 0 radical (unpaired) electrons. The van der Waals surface area contributed by atoms with Crippen molar-refractivity contribution in [2.45, 2.75) is 44.3 Å². The topological polar surface area (TPSA) is 54.3 Å². The van der Waals surface area contributed by atoms with E-state index in [0.717, 1.165) is 18.7 Å². The van der Waals surface area contributed by atoms with Crippen LogP contribution < -0.4 is 10.7 Å². The van der Waals surface area contributed by atoms with Gasteiger partial charge in [0.25, 0.3) is 0 Å². The van der Waals surface area contributed by atoms with E-state index in [2.05, 4.69) is 9.88 Å². The molecule has 2 heterocycles. The van der Waals surface area contributed by atoms with Crippen LogP contribution in [0.4, 0.5) is 0 Å². The highest BCUT2D eigenvalue weighted by molar-refractivity contribution is 5.23. The van der Waals surface area contributed by atoms with Crippen molar-refractivity contribution < 1.29 is 5.11 Å². The Hall–Kier alpha value is -1.29. The van der Waals surface area contributed by atoms with E-state index in [0.29, 0.717) is 12.1 Å². The van der Waals surface area contributed by atoms with Gasteiger partial charge < -0.3 is 15.0 Å². The number of pyridine rings is 1. The molecule has 2 unspecified atom stereocenters. The van der Waals surface area contributed by atoms with E-state index in [9.17, 15) is 9.90 Å². The monoisotopic (exact) mass is 220 g/mol. The first kappa shape index (κ1) is 9.90. The van der Waals surface area contributed by atoms with Gasteiger partial charge in [0.1, 0.15) is 0 Å². The van der Waals surface area contributed by atoms with E-state index in [1.165, 1.54) is 19.3 Å². The summed E-state index contributed by atoms with van der Waals surface area (Å²) in [5.41, 5.74) is 0.716. The first-order chi connectivity index (χ1) is 7.75. The molecule has 1 saturated carbocycles. The average Bonchev–Trinajstić information content (AvgIpc) is 2.31. The highest BCUT2D eigenvalue weighted by Crippen LogP contribution is 2.32.